The number of nitrogens with one attached hydrogen (secondary N) is 1. The second-order valence-electron chi connectivity index (χ2n) is 5.03. The maximum Gasteiger partial charge on any atom is 0.339 e. The zero-order valence-corrected chi connectivity index (χ0v) is 14.7. The van der Waals surface area contributed by atoms with Crippen molar-refractivity contribution in [3.8, 4) is 0 Å². The highest BCUT2D eigenvalue weighted by atomic mass is 32.2. The number of esters is 1. The first kappa shape index (κ1) is 18.5. The molecule has 0 aliphatic rings. The SMILES string of the molecule is COC(=O)c1ccccc1S(=O)(=O)N(C)C(=O)CNc1cc(C)on1. The van der Waals surface area contributed by atoms with Crippen molar-refractivity contribution < 1.29 is 27.3 Å². The van der Waals surface area contributed by atoms with Gasteiger partial charge in [-0.15, -0.1) is 0 Å². The van der Waals surface area contributed by atoms with Crippen molar-refractivity contribution in [2.75, 3.05) is 26.0 Å². The Labute approximate surface area is 144 Å². The Kier molecular flexibility index (Phi) is 5.42. The van der Waals surface area contributed by atoms with Crippen LogP contribution < -0.4 is 5.32 Å². The van der Waals surface area contributed by atoms with Gasteiger partial charge in [0.05, 0.1) is 19.2 Å². The van der Waals surface area contributed by atoms with Crippen LogP contribution in [-0.4, -0.2) is 50.5 Å². The number of hydrogen-bond acceptors (Lipinski definition) is 8. The van der Waals surface area contributed by atoms with E-state index in [1.807, 2.05) is 0 Å². The van der Waals surface area contributed by atoms with Gasteiger partial charge in [-0.1, -0.05) is 17.3 Å². The van der Waals surface area contributed by atoms with Crippen molar-refractivity contribution in [3.05, 3.63) is 41.7 Å². The van der Waals surface area contributed by atoms with Crippen LogP contribution in [0, 0.1) is 6.92 Å². The molecule has 2 rings (SSSR count). The first-order chi connectivity index (χ1) is 11.8. The lowest BCUT2D eigenvalue weighted by Gasteiger charge is -2.19. The Balaban J connectivity index is 2.21. The molecule has 2 aromatic rings. The number of benzene rings is 1. The molecule has 9 nitrogen and oxygen atoms in total. The van der Waals surface area contributed by atoms with E-state index in [0.717, 1.165) is 14.2 Å². The highest BCUT2D eigenvalue weighted by molar-refractivity contribution is 7.89. The van der Waals surface area contributed by atoms with E-state index in [-0.39, 0.29) is 17.0 Å². The number of nitrogens with zero attached hydrogens (tertiary/aromatic N) is 2. The minimum absolute atomic E-state index is 0.148. The summed E-state index contributed by atoms with van der Waals surface area (Å²) < 4.78 is 35.3. The molecule has 0 saturated heterocycles. The Morgan fingerprint density at radius 3 is 2.60 bits per heavy atom. The molecule has 0 fully saturated rings. The lowest BCUT2D eigenvalue weighted by atomic mass is 10.2. The number of rotatable bonds is 6. The van der Waals surface area contributed by atoms with E-state index in [9.17, 15) is 18.0 Å². The summed E-state index contributed by atoms with van der Waals surface area (Å²) in [6, 6.07) is 7.07. The number of aryl methyl sites for hydroxylation is 1. The number of hydrogen-bond donors (Lipinski definition) is 1. The van der Waals surface area contributed by atoms with Gasteiger partial charge in [-0.05, 0) is 19.1 Å². The van der Waals surface area contributed by atoms with Crippen molar-refractivity contribution in [2.45, 2.75) is 11.8 Å². The Morgan fingerprint density at radius 2 is 2.00 bits per heavy atom. The van der Waals surface area contributed by atoms with Crippen LogP contribution in [0.3, 0.4) is 0 Å². The Morgan fingerprint density at radius 1 is 1.32 bits per heavy atom. The smallest absolute Gasteiger partial charge is 0.339 e. The predicted octanol–water partition coefficient (Wildman–Crippen LogP) is 1.03. The maximum atomic E-state index is 12.7. The molecule has 0 atom stereocenters. The van der Waals surface area contributed by atoms with Crippen LogP contribution in [0.2, 0.25) is 0 Å². The number of methoxy groups -OCH3 is 1. The summed E-state index contributed by atoms with van der Waals surface area (Å²) in [4.78, 5) is 23.7. The van der Waals surface area contributed by atoms with Crippen molar-refractivity contribution in [2.24, 2.45) is 0 Å². The lowest BCUT2D eigenvalue weighted by molar-refractivity contribution is -0.123. The standard InChI is InChI=1S/C15H17N3O6S/c1-10-8-13(17-24-10)16-9-14(19)18(2)25(21,22)12-7-5-4-6-11(12)15(20)23-3/h4-8H,9H2,1-3H3,(H,16,17). The van der Waals surface area contributed by atoms with Crippen molar-refractivity contribution in [1.29, 1.82) is 0 Å². The van der Waals surface area contributed by atoms with Crippen molar-refractivity contribution in [1.82, 2.24) is 9.46 Å². The average Bonchev–Trinajstić information content (AvgIpc) is 3.03. The van der Waals surface area contributed by atoms with E-state index in [1.54, 1.807) is 13.0 Å². The fourth-order valence-electron chi connectivity index (χ4n) is 1.98. The highest BCUT2D eigenvalue weighted by Crippen LogP contribution is 2.20. The molecule has 134 valence electrons. The van der Waals surface area contributed by atoms with Gasteiger partial charge in [-0.25, -0.2) is 17.5 Å². The quantitative estimate of drug-likeness (QED) is 0.752. The molecule has 0 spiro atoms. The summed E-state index contributed by atoms with van der Waals surface area (Å²) in [6.07, 6.45) is 0. The van der Waals surface area contributed by atoms with Gasteiger partial charge in [0.2, 0.25) is 0 Å². The van der Waals surface area contributed by atoms with Gasteiger partial charge in [-0.2, -0.15) is 0 Å². The van der Waals surface area contributed by atoms with E-state index in [4.69, 9.17) is 4.52 Å². The molecule has 1 heterocycles. The van der Waals surface area contributed by atoms with Gasteiger partial charge in [0.25, 0.3) is 15.9 Å². The van der Waals surface area contributed by atoms with Crippen LogP contribution in [0.1, 0.15) is 16.1 Å². The number of ether oxygens (including phenoxy) is 1. The molecule has 0 saturated carbocycles. The molecule has 0 aliphatic heterocycles. The number of likely N-dealkylation sites (N-methyl/N-ethyl adjacent to an activating group) is 1. The molecule has 1 aromatic carbocycles. The molecule has 1 aromatic heterocycles. The molecular weight excluding hydrogens is 350 g/mol. The molecular formula is C15H17N3O6S. The van der Waals surface area contributed by atoms with Crippen LogP contribution in [0.4, 0.5) is 5.82 Å². The van der Waals surface area contributed by atoms with Gasteiger partial charge in [0, 0.05) is 13.1 Å². The third kappa shape index (κ3) is 3.97. The van der Waals surface area contributed by atoms with Crippen LogP contribution in [0.5, 0.6) is 0 Å². The largest absolute Gasteiger partial charge is 0.465 e. The van der Waals surface area contributed by atoms with E-state index < -0.39 is 21.9 Å². The zero-order chi connectivity index (χ0) is 18.6. The monoisotopic (exact) mass is 367 g/mol. The topological polar surface area (TPSA) is 119 Å². The third-order valence-electron chi connectivity index (χ3n) is 3.33. The minimum Gasteiger partial charge on any atom is -0.465 e. The van der Waals surface area contributed by atoms with E-state index in [2.05, 4.69) is 15.2 Å². The number of anilines is 1. The van der Waals surface area contributed by atoms with Gasteiger partial charge < -0.3 is 14.6 Å². The minimum atomic E-state index is -4.22. The predicted molar refractivity (Wildman–Crippen MR) is 87.5 cm³/mol. The number of aromatic nitrogens is 1. The van der Waals surface area contributed by atoms with Crippen LogP contribution >= 0.6 is 0 Å². The Hall–Kier alpha value is -2.88. The van der Waals surface area contributed by atoms with E-state index in [1.165, 1.54) is 24.3 Å². The van der Waals surface area contributed by atoms with Gasteiger partial charge in [-0.3, -0.25) is 4.79 Å². The van der Waals surface area contributed by atoms with Gasteiger partial charge in [0.1, 0.15) is 10.7 Å². The fourth-order valence-corrected chi connectivity index (χ4v) is 3.29. The van der Waals surface area contributed by atoms with Gasteiger partial charge in [0.15, 0.2) is 5.82 Å². The first-order valence-electron chi connectivity index (χ1n) is 7.13. The molecule has 0 radical (unpaired) electrons. The van der Waals surface area contributed by atoms with E-state index >= 15 is 0 Å². The summed E-state index contributed by atoms with van der Waals surface area (Å²) >= 11 is 0. The lowest BCUT2D eigenvalue weighted by Crippen LogP contribution is -2.37. The average molecular weight is 367 g/mol. The molecule has 0 bridgehead atoms. The second kappa shape index (κ2) is 7.34. The van der Waals surface area contributed by atoms with Crippen LogP contribution in [0.25, 0.3) is 0 Å². The maximum absolute atomic E-state index is 12.7. The van der Waals surface area contributed by atoms with Gasteiger partial charge >= 0.3 is 5.97 Å². The summed E-state index contributed by atoms with van der Waals surface area (Å²) in [5.41, 5.74) is -0.148. The highest BCUT2D eigenvalue weighted by Gasteiger charge is 2.29. The summed E-state index contributed by atoms with van der Waals surface area (Å²) in [7, 11) is -1.97. The van der Waals surface area contributed by atoms with Crippen LogP contribution in [0.15, 0.2) is 39.8 Å². The molecule has 0 aliphatic carbocycles. The molecule has 1 N–H and O–H groups in total. The molecule has 10 heteroatoms. The number of amides is 1. The number of carbonyl (C=O) groups excluding carboxylic acids is 2. The normalized spacial score (nSPS) is 11.0. The molecule has 25 heavy (non-hydrogen) atoms. The second-order valence-corrected chi connectivity index (χ2v) is 6.97. The third-order valence-corrected chi connectivity index (χ3v) is 5.17. The summed E-state index contributed by atoms with van der Waals surface area (Å²) in [5, 5.41) is 6.31. The van der Waals surface area contributed by atoms with Crippen LogP contribution in [-0.2, 0) is 19.6 Å². The molecule has 1 amide bonds. The number of carbonyl (C=O) groups is 2. The summed E-state index contributed by atoms with van der Waals surface area (Å²) in [5.74, 6) is -0.689. The summed E-state index contributed by atoms with van der Waals surface area (Å²) in [6.45, 7) is 1.36. The van der Waals surface area contributed by atoms with Crippen molar-refractivity contribution in [3.63, 3.8) is 0 Å². The van der Waals surface area contributed by atoms with Crippen molar-refractivity contribution >= 4 is 27.7 Å². The first-order valence-corrected chi connectivity index (χ1v) is 8.57. The fraction of sp³-hybridized carbons (Fsp3) is 0.267. The zero-order valence-electron chi connectivity index (χ0n) is 13.8. The number of sulfonamides is 1. The van der Waals surface area contributed by atoms with E-state index in [0.29, 0.717) is 15.9 Å². The Bertz CT molecular complexity index is 890. The molecule has 0 unspecified atom stereocenters.